The van der Waals surface area contributed by atoms with Gasteiger partial charge in [-0.1, -0.05) is 38.7 Å². The summed E-state index contributed by atoms with van der Waals surface area (Å²) in [6.45, 7) is 5.58. The van der Waals surface area contributed by atoms with Crippen LogP contribution in [0.3, 0.4) is 0 Å². The Hall–Kier alpha value is -0.713. The molecule has 0 aliphatic carbocycles. The molecule has 0 fully saturated rings. The first-order valence-corrected chi connectivity index (χ1v) is 8.03. The van der Waals surface area contributed by atoms with Crippen molar-refractivity contribution in [1.82, 2.24) is 0 Å². The minimum absolute atomic E-state index is 0.0353. The van der Waals surface area contributed by atoms with E-state index in [-0.39, 0.29) is 22.6 Å². The van der Waals surface area contributed by atoms with Crippen molar-refractivity contribution in [2.24, 2.45) is 0 Å². The zero-order valence-corrected chi connectivity index (χ0v) is 14.1. The number of unbranched alkanes of at least 4 members (excludes halogenated alkanes) is 6. The molecule has 0 aliphatic heterocycles. The van der Waals surface area contributed by atoms with E-state index < -0.39 is 5.55 Å². The van der Waals surface area contributed by atoms with Gasteiger partial charge in [0.25, 0.3) is 0 Å². The summed E-state index contributed by atoms with van der Waals surface area (Å²) in [5, 5.41) is 0. The molecule has 0 N–H and O–H groups in total. The lowest BCUT2D eigenvalue weighted by molar-refractivity contribution is -0.139. The maximum Gasteiger partial charge on any atom is 0.333 e. The molecule has 0 aromatic carbocycles. The minimum atomic E-state index is -2.38. The van der Waals surface area contributed by atoms with Gasteiger partial charge in [-0.25, -0.2) is 13.6 Å². The number of hydrogen-bond donors (Lipinski definition) is 0. The number of ether oxygens (including phenoxy) is 1. The topological polar surface area (TPSA) is 26.3 Å². The zero-order chi connectivity index (χ0) is 14.7. The number of rotatable bonds is 11. The average molecular weight is 292 g/mol. The molecule has 0 aromatic heterocycles. The second-order valence-corrected chi connectivity index (χ2v) is 6.67. The number of esters is 1. The van der Waals surface area contributed by atoms with Gasteiger partial charge < -0.3 is 4.74 Å². The molecule has 19 heavy (non-hydrogen) atoms. The van der Waals surface area contributed by atoms with Crippen LogP contribution in [0.5, 0.6) is 0 Å². The third-order valence-electron chi connectivity index (χ3n) is 2.84. The number of halogens is 2. The predicted molar refractivity (Wildman–Crippen MR) is 77.6 cm³/mol. The Bertz CT molecular complexity index is 275. The number of alkyl halides is 2. The highest BCUT2D eigenvalue weighted by Crippen LogP contribution is 2.18. The summed E-state index contributed by atoms with van der Waals surface area (Å²) in [7, 11) is -0.0353. The van der Waals surface area contributed by atoms with Crippen LogP contribution in [0.2, 0.25) is 0 Å². The van der Waals surface area contributed by atoms with Crippen molar-refractivity contribution in [3.05, 3.63) is 12.2 Å². The van der Waals surface area contributed by atoms with Crippen LogP contribution in [0, 0.1) is 0 Å². The van der Waals surface area contributed by atoms with Gasteiger partial charge in [0, 0.05) is 12.0 Å². The summed E-state index contributed by atoms with van der Waals surface area (Å²) in [4.78, 5) is 11.1. The molecule has 0 aliphatic rings. The summed E-state index contributed by atoms with van der Waals surface area (Å²) in [5.41, 5.74) is -1.96. The van der Waals surface area contributed by atoms with E-state index >= 15 is 0 Å². The molecule has 0 saturated heterocycles. The quantitative estimate of drug-likeness (QED) is 0.253. The van der Waals surface area contributed by atoms with Crippen LogP contribution in [0.1, 0.15) is 58.3 Å². The van der Waals surface area contributed by atoms with Crippen LogP contribution < -0.4 is 0 Å². The Morgan fingerprint density at radius 2 is 1.58 bits per heavy atom. The lowest BCUT2D eigenvalue weighted by atomic mass is 10.1. The Morgan fingerprint density at radius 1 is 1.11 bits per heavy atom. The molecule has 0 heterocycles. The van der Waals surface area contributed by atoms with Crippen molar-refractivity contribution in [2.45, 2.75) is 63.8 Å². The Balaban J connectivity index is 3.20. The van der Waals surface area contributed by atoms with Gasteiger partial charge in [0.15, 0.2) is 0 Å². The third kappa shape index (κ3) is 13.5. The summed E-state index contributed by atoms with van der Waals surface area (Å²) >= 11 is 0. The Morgan fingerprint density at radius 3 is 2.05 bits per heavy atom. The lowest BCUT2D eigenvalue weighted by Crippen LogP contribution is -2.14. The van der Waals surface area contributed by atoms with Gasteiger partial charge in [0.1, 0.15) is 0 Å². The van der Waals surface area contributed by atoms with Crippen LogP contribution in [0.4, 0.5) is 8.78 Å². The maximum atomic E-state index is 12.6. The van der Waals surface area contributed by atoms with Crippen LogP contribution in [0.15, 0.2) is 12.2 Å². The first-order chi connectivity index (χ1) is 8.83. The fourth-order valence-corrected chi connectivity index (χ4v) is 2.06. The van der Waals surface area contributed by atoms with Crippen molar-refractivity contribution < 1.29 is 18.3 Å². The molecule has 0 amide bonds. The lowest BCUT2D eigenvalue weighted by Gasteiger charge is -2.09. The van der Waals surface area contributed by atoms with Crippen molar-refractivity contribution in [1.29, 1.82) is 0 Å². The molecule has 112 valence electrons. The first kappa shape index (κ1) is 18.3. The molecule has 0 radical (unpaired) electrons. The second-order valence-electron chi connectivity index (χ2n) is 5.21. The van der Waals surface area contributed by atoms with E-state index in [0.717, 1.165) is 38.5 Å². The summed E-state index contributed by atoms with van der Waals surface area (Å²) in [5.74, 6) is -0.330. The van der Waals surface area contributed by atoms with Gasteiger partial charge in [-0.15, -0.1) is 0 Å². The van der Waals surface area contributed by atoms with Crippen LogP contribution in [-0.4, -0.2) is 28.4 Å². The molecule has 0 spiro atoms. The van der Waals surface area contributed by atoms with Crippen LogP contribution in [0.25, 0.3) is 0 Å². The summed E-state index contributed by atoms with van der Waals surface area (Å²) in [6.07, 6.45) is 6.61. The van der Waals surface area contributed by atoms with Gasteiger partial charge in [-0.05, 0) is 19.8 Å². The Labute approximate surface area is 118 Å². The standard InChI is InChI=1S/C14H26F2O2Si/c1-12(2)13(17)18-11-9-7-5-3-4-6-8-10-14(15,16)19/h1,3-11H2,2,19H3. The highest BCUT2D eigenvalue weighted by molar-refractivity contribution is 6.13. The third-order valence-corrected chi connectivity index (χ3v) is 3.34. The van der Waals surface area contributed by atoms with Crippen LogP contribution >= 0.6 is 0 Å². The monoisotopic (exact) mass is 292 g/mol. The molecule has 2 nitrogen and oxygen atoms in total. The van der Waals surface area contributed by atoms with E-state index in [1.807, 2.05) is 0 Å². The van der Waals surface area contributed by atoms with Gasteiger partial charge in [0.2, 0.25) is 5.55 Å². The minimum Gasteiger partial charge on any atom is -0.462 e. The normalized spacial score (nSPS) is 11.5. The fourth-order valence-electron chi connectivity index (χ4n) is 1.71. The average Bonchev–Trinajstić information content (AvgIpc) is 2.29. The summed E-state index contributed by atoms with van der Waals surface area (Å²) in [6, 6.07) is 0. The molecule has 0 saturated carbocycles. The largest absolute Gasteiger partial charge is 0.462 e. The molecule has 0 aromatic rings. The highest BCUT2D eigenvalue weighted by atomic mass is 28.1. The van der Waals surface area contributed by atoms with Gasteiger partial charge >= 0.3 is 5.97 Å². The van der Waals surface area contributed by atoms with Gasteiger partial charge in [0.05, 0.1) is 16.8 Å². The SMILES string of the molecule is C=C(C)C(=O)OCCCCCCCCCC(F)(F)[SiH3]. The number of carbonyl (C=O) groups is 1. The smallest absolute Gasteiger partial charge is 0.333 e. The van der Waals surface area contributed by atoms with Gasteiger partial charge in [-0.3, -0.25) is 0 Å². The maximum absolute atomic E-state index is 12.6. The van der Waals surface area contributed by atoms with Crippen LogP contribution in [-0.2, 0) is 9.53 Å². The summed E-state index contributed by atoms with van der Waals surface area (Å²) < 4.78 is 30.1. The van der Waals surface area contributed by atoms with E-state index in [4.69, 9.17) is 4.74 Å². The predicted octanol–water partition coefficient (Wildman–Crippen LogP) is 3.18. The van der Waals surface area contributed by atoms with E-state index in [1.54, 1.807) is 6.92 Å². The second kappa shape index (κ2) is 10.1. The number of carbonyl (C=O) groups excluding carboxylic acids is 1. The molecule has 0 bridgehead atoms. The molecule has 0 atom stereocenters. The van der Waals surface area contributed by atoms with Crippen molar-refractivity contribution in [3.63, 3.8) is 0 Å². The Kier molecular flexibility index (Phi) is 9.74. The molecule has 0 rings (SSSR count). The fraction of sp³-hybridized carbons (Fsp3) is 0.786. The van der Waals surface area contributed by atoms with Crippen molar-refractivity contribution in [3.8, 4) is 0 Å². The van der Waals surface area contributed by atoms with E-state index in [2.05, 4.69) is 6.58 Å². The molecule has 0 unspecified atom stereocenters. The number of hydrogen-bond acceptors (Lipinski definition) is 2. The zero-order valence-electron chi connectivity index (χ0n) is 12.1. The molecule has 5 heteroatoms. The van der Waals surface area contributed by atoms with E-state index in [1.165, 1.54) is 0 Å². The van der Waals surface area contributed by atoms with Crippen molar-refractivity contribution >= 4 is 16.2 Å². The van der Waals surface area contributed by atoms with Gasteiger partial charge in [-0.2, -0.15) is 0 Å². The van der Waals surface area contributed by atoms with E-state index in [0.29, 0.717) is 18.6 Å². The molecular weight excluding hydrogens is 266 g/mol. The van der Waals surface area contributed by atoms with Crippen molar-refractivity contribution in [2.75, 3.05) is 6.61 Å². The highest BCUT2D eigenvalue weighted by Gasteiger charge is 2.18. The molecular formula is C14H26F2O2Si. The van der Waals surface area contributed by atoms with E-state index in [9.17, 15) is 13.6 Å². The first-order valence-electron chi connectivity index (χ1n) is 7.03.